The van der Waals surface area contributed by atoms with E-state index in [1.54, 1.807) is 6.92 Å². The van der Waals surface area contributed by atoms with Crippen LogP contribution in [0.25, 0.3) is 0 Å². The van der Waals surface area contributed by atoms with Crippen LogP contribution in [-0.4, -0.2) is 28.6 Å². The van der Waals surface area contributed by atoms with Gasteiger partial charge in [0.15, 0.2) is 0 Å². The van der Waals surface area contributed by atoms with Gasteiger partial charge in [0.05, 0.1) is 16.7 Å². The number of nitrogens with one attached hydrogen (secondary N) is 1. The lowest BCUT2D eigenvalue weighted by Crippen LogP contribution is -2.39. The fourth-order valence-electron chi connectivity index (χ4n) is 1.49. The Morgan fingerprint density at radius 2 is 2.05 bits per heavy atom. The van der Waals surface area contributed by atoms with Gasteiger partial charge in [0.25, 0.3) is 0 Å². The summed E-state index contributed by atoms with van der Waals surface area (Å²) in [6, 6.07) is 3.75. The molecule has 0 saturated heterocycles. The van der Waals surface area contributed by atoms with E-state index in [0.717, 1.165) is 6.07 Å². The molecule has 5 N–H and O–H groups in total. The summed E-state index contributed by atoms with van der Waals surface area (Å²) < 4.78 is 0. The molecule has 19 heavy (non-hydrogen) atoms. The highest BCUT2D eigenvalue weighted by Crippen LogP contribution is 2.25. The number of carbonyl (C=O) groups is 2. The van der Waals surface area contributed by atoms with Crippen molar-refractivity contribution in [2.45, 2.75) is 20.3 Å². The summed E-state index contributed by atoms with van der Waals surface area (Å²) in [7, 11) is 0. The summed E-state index contributed by atoms with van der Waals surface area (Å²) in [5.41, 5.74) is 4.80. The summed E-state index contributed by atoms with van der Waals surface area (Å²) in [6.45, 7) is 3.71. The highest BCUT2D eigenvalue weighted by Gasteiger charge is 2.30. The van der Waals surface area contributed by atoms with Gasteiger partial charge in [0.2, 0.25) is 5.91 Å². The number of amides is 1. The molecule has 0 aromatic heterocycles. The maximum Gasteiger partial charge on any atom is 0.337 e. The van der Waals surface area contributed by atoms with Crippen LogP contribution in [-0.2, 0) is 4.79 Å². The van der Waals surface area contributed by atoms with Crippen molar-refractivity contribution >= 4 is 17.6 Å². The van der Waals surface area contributed by atoms with Gasteiger partial charge in [0, 0.05) is 6.54 Å². The molecule has 0 aliphatic rings. The molecular weight excluding hydrogens is 248 g/mol. The quantitative estimate of drug-likeness (QED) is 0.602. The molecule has 0 spiro atoms. The molecule has 1 amide bonds. The van der Waals surface area contributed by atoms with Crippen LogP contribution in [0.2, 0.25) is 0 Å². The molecular formula is C13H18N2O4. The Kier molecular flexibility index (Phi) is 4.50. The average Bonchev–Trinajstić information content (AvgIpc) is 2.39. The number of hydrogen-bond acceptors (Lipinski definition) is 4. The SMILES string of the molecule is CCC(C)(CN)C(=O)Nc1ccc(O)cc1C(=O)O. The molecule has 0 fully saturated rings. The number of aromatic hydroxyl groups is 1. The fourth-order valence-corrected chi connectivity index (χ4v) is 1.49. The smallest absolute Gasteiger partial charge is 0.337 e. The first-order chi connectivity index (χ1) is 8.84. The standard InChI is InChI=1S/C13H18N2O4/c1-3-13(2,7-14)12(19)15-10-5-4-8(16)6-9(10)11(17)18/h4-6,16H,3,7,14H2,1-2H3,(H,15,19)(H,17,18). The van der Waals surface area contributed by atoms with E-state index in [-0.39, 0.29) is 29.5 Å². The van der Waals surface area contributed by atoms with Crippen molar-refractivity contribution in [2.75, 3.05) is 11.9 Å². The highest BCUT2D eigenvalue weighted by molar-refractivity contribution is 6.02. The lowest BCUT2D eigenvalue weighted by Gasteiger charge is -2.25. The monoisotopic (exact) mass is 266 g/mol. The molecule has 1 atom stereocenters. The van der Waals surface area contributed by atoms with Crippen molar-refractivity contribution in [1.82, 2.24) is 0 Å². The molecule has 0 aliphatic heterocycles. The molecule has 0 bridgehead atoms. The molecule has 0 heterocycles. The normalized spacial score (nSPS) is 13.6. The summed E-state index contributed by atoms with van der Waals surface area (Å²) >= 11 is 0. The molecule has 0 radical (unpaired) electrons. The fraction of sp³-hybridized carbons (Fsp3) is 0.385. The second kappa shape index (κ2) is 5.71. The van der Waals surface area contributed by atoms with E-state index >= 15 is 0 Å². The number of carboxylic acids is 1. The van der Waals surface area contributed by atoms with Gasteiger partial charge in [-0.1, -0.05) is 6.92 Å². The van der Waals surface area contributed by atoms with Gasteiger partial charge in [-0.2, -0.15) is 0 Å². The van der Waals surface area contributed by atoms with Crippen LogP contribution in [0.5, 0.6) is 5.75 Å². The number of phenolic OH excluding ortho intramolecular Hbond substituents is 1. The molecule has 6 heteroatoms. The van der Waals surface area contributed by atoms with Gasteiger partial charge in [0.1, 0.15) is 5.75 Å². The summed E-state index contributed by atoms with van der Waals surface area (Å²) in [5, 5.41) is 20.9. The van der Waals surface area contributed by atoms with Crippen LogP contribution >= 0.6 is 0 Å². The van der Waals surface area contributed by atoms with Gasteiger partial charge in [-0.15, -0.1) is 0 Å². The van der Waals surface area contributed by atoms with Gasteiger partial charge < -0.3 is 21.3 Å². The maximum atomic E-state index is 12.1. The van der Waals surface area contributed by atoms with E-state index in [2.05, 4.69) is 5.32 Å². The summed E-state index contributed by atoms with van der Waals surface area (Å²) in [6.07, 6.45) is 0.538. The van der Waals surface area contributed by atoms with Crippen molar-refractivity contribution in [3.8, 4) is 5.75 Å². The van der Waals surface area contributed by atoms with Crippen LogP contribution in [0, 0.1) is 5.41 Å². The molecule has 1 rings (SSSR count). The van der Waals surface area contributed by atoms with Crippen molar-refractivity contribution in [3.05, 3.63) is 23.8 Å². The molecule has 0 aliphatic carbocycles. The molecule has 104 valence electrons. The third-order valence-corrected chi connectivity index (χ3v) is 3.26. The largest absolute Gasteiger partial charge is 0.508 e. The van der Waals surface area contributed by atoms with Crippen molar-refractivity contribution in [3.63, 3.8) is 0 Å². The predicted octanol–water partition coefficient (Wildman–Crippen LogP) is 1.40. The van der Waals surface area contributed by atoms with Crippen LogP contribution in [0.15, 0.2) is 18.2 Å². The van der Waals surface area contributed by atoms with E-state index in [1.807, 2.05) is 6.92 Å². The number of aromatic carboxylic acids is 1. The predicted molar refractivity (Wildman–Crippen MR) is 71.1 cm³/mol. The number of anilines is 1. The first-order valence-electron chi connectivity index (χ1n) is 5.92. The summed E-state index contributed by atoms with van der Waals surface area (Å²) in [5.74, 6) is -1.74. The van der Waals surface area contributed by atoms with Crippen LogP contribution < -0.4 is 11.1 Å². The Labute approximate surface area is 111 Å². The Hall–Kier alpha value is -2.08. The lowest BCUT2D eigenvalue weighted by molar-refractivity contribution is -0.124. The van der Waals surface area contributed by atoms with Crippen LogP contribution in [0.1, 0.15) is 30.6 Å². The van der Waals surface area contributed by atoms with Crippen molar-refractivity contribution < 1.29 is 19.8 Å². The molecule has 1 aromatic carbocycles. The van der Waals surface area contributed by atoms with E-state index in [0.29, 0.717) is 6.42 Å². The van der Waals surface area contributed by atoms with E-state index in [1.165, 1.54) is 12.1 Å². The second-order valence-electron chi connectivity index (χ2n) is 4.61. The Bertz CT molecular complexity index is 495. The number of carbonyl (C=O) groups excluding carboxylic acids is 1. The average molecular weight is 266 g/mol. The maximum absolute atomic E-state index is 12.1. The van der Waals surface area contributed by atoms with Crippen molar-refractivity contribution in [2.24, 2.45) is 11.1 Å². The minimum Gasteiger partial charge on any atom is -0.508 e. The van der Waals surface area contributed by atoms with Crippen LogP contribution in [0.3, 0.4) is 0 Å². The van der Waals surface area contributed by atoms with Crippen molar-refractivity contribution in [1.29, 1.82) is 0 Å². The second-order valence-corrected chi connectivity index (χ2v) is 4.61. The molecule has 0 saturated carbocycles. The zero-order chi connectivity index (χ0) is 14.6. The first-order valence-corrected chi connectivity index (χ1v) is 5.92. The van der Waals surface area contributed by atoms with E-state index < -0.39 is 11.4 Å². The topological polar surface area (TPSA) is 113 Å². The third kappa shape index (κ3) is 3.23. The minimum absolute atomic E-state index is 0.142. The third-order valence-electron chi connectivity index (χ3n) is 3.26. The number of nitrogens with two attached hydrogens (primary N) is 1. The summed E-state index contributed by atoms with van der Waals surface area (Å²) in [4.78, 5) is 23.2. The zero-order valence-corrected chi connectivity index (χ0v) is 10.9. The number of rotatable bonds is 5. The minimum atomic E-state index is -1.22. The van der Waals surface area contributed by atoms with Gasteiger partial charge in [-0.05, 0) is 31.5 Å². The number of benzene rings is 1. The van der Waals surface area contributed by atoms with E-state index in [4.69, 9.17) is 10.8 Å². The number of carboxylic acid groups (broad SMARTS) is 1. The van der Waals surface area contributed by atoms with E-state index in [9.17, 15) is 14.7 Å². The Balaban J connectivity index is 3.06. The Morgan fingerprint density at radius 1 is 1.42 bits per heavy atom. The number of phenols is 1. The first kappa shape index (κ1) is 15.0. The highest BCUT2D eigenvalue weighted by atomic mass is 16.4. The van der Waals surface area contributed by atoms with Crippen LogP contribution in [0.4, 0.5) is 5.69 Å². The Morgan fingerprint density at radius 3 is 2.53 bits per heavy atom. The zero-order valence-electron chi connectivity index (χ0n) is 10.9. The molecule has 6 nitrogen and oxygen atoms in total. The lowest BCUT2D eigenvalue weighted by atomic mass is 9.86. The molecule has 1 aromatic rings. The van der Waals surface area contributed by atoms with Gasteiger partial charge in [-0.3, -0.25) is 4.79 Å². The van der Waals surface area contributed by atoms with Gasteiger partial charge >= 0.3 is 5.97 Å². The van der Waals surface area contributed by atoms with Gasteiger partial charge in [-0.25, -0.2) is 4.79 Å². The number of hydrogen-bond donors (Lipinski definition) is 4. The molecule has 1 unspecified atom stereocenters.